The SMILES string of the molecule is CCOc1c(/C=N/Nc2nc(-c3ccccc3)cc(=O)[nH]2)cccc1OC. The van der Waals surface area contributed by atoms with Gasteiger partial charge < -0.3 is 9.47 Å². The van der Waals surface area contributed by atoms with Gasteiger partial charge in [0.25, 0.3) is 5.56 Å². The van der Waals surface area contributed by atoms with Crippen LogP contribution in [0.2, 0.25) is 0 Å². The highest BCUT2D eigenvalue weighted by Gasteiger charge is 2.08. The van der Waals surface area contributed by atoms with Crippen LogP contribution >= 0.6 is 0 Å². The predicted octanol–water partition coefficient (Wildman–Crippen LogP) is 3.29. The molecule has 1 heterocycles. The fourth-order valence-electron chi connectivity index (χ4n) is 2.52. The van der Waals surface area contributed by atoms with Crippen LogP contribution in [0.25, 0.3) is 11.3 Å². The second-order valence-electron chi connectivity index (χ2n) is 5.53. The van der Waals surface area contributed by atoms with E-state index < -0.39 is 0 Å². The zero-order chi connectivity index (χ0) is 19.1. The molecule has 0 amide bonds. The van der Waals surface area contributed by atoms with Crippen molar-refractivity contribution in [3.8, 4) is 22.8 Å². The van der Waals surface area contributed by atoms with E-state index in [1.807, 2.05) is 55.5 Å². The van der Waals surface area contributed by atoms with Gasteiger partial charge in [0.05, 0.1) is 25.6 Å². The van der Waals surface area contributed by atoms with Crippen molar-refractivity contribution in [2.45, 2.75) is 6.92 Å². The maximum atomic E-state index is 11.9. The van der Waals surface area contributed by atoms with Crippen LogP contribution in [0.15, 0.2) is 64.5 Å². The molecule has 1 aromatic heterocycles. The molecule has 2 aromatic carbocycles. The zero-order valence-electron chi connectivity index (χ0n) is 15.1. The summed E-state index contributed by atoms with van der Waals surface area (Å²) in [6.45, 7) is 2.40. The Morgan fingerprint density at radius 2 is 2.00 bits per heavy atom. The Labute approximate surface area is 156 Å². The van der Waals surface area contributed by atoms with Crippen molar-refractivity contribution in [3.05, 3.63) is 70.5 Å². The molecular formula is C20H20N4O3. The molecule has 27 heavy (non-hydrogen) atoms. The van der Waals surface area contributed by atoms with Crippen LogP contribution in [0.5, 0.6) is 11.5 Å². The van der Waals surface area contributed by atoms with Crippen LogP contribution in [0.3, 0.4) is 0 Å². The van der Waals surface area contributed by atoms with Gasteiger partial charge in [0.1, 0.15) is 0 Å². The number of hydrazone groups is 1. The molecule has 0 unspecified atom stereocenters. The van der Waals surface area contributed by atoms with E-state index in [1.54, 1.807) is 13.3 Å². The van der Waals surface area contributed by atoms with Gasteiger partial charge in [-0.05, 0) is 19.1 Å². The third-order valence-corrected chi connectivity index (χ3v) is 3.70. The molecule has 0 bridgehead atoms. The van der Waals surface area contributed by atoms with Gasteiger partial charge >= 0.3 is 0 Å². The number of nitrogens with zero attached hydrogens (tertiary/aromatic N) is 2. The van der Waals surface area contributed by atoms with E-state index in [2.05, 4.69) is 20.5 Å². The van der Waals surface area contributed by atoms with Crippen molar-refractivity contribution in [1.82, 2.24) is 9.97 Å². The van der Waals surface area contributed by atoms with Crippen LogP contribution in [-0.4, -0.2) is 29.9 Å². The third kappa shape index (κ3) is 4.52. The quantitative estimate of drug-likeness (QED) is 0.496. The van der Waals surface area contributed by atoms with E-state index in [9.17, 15) is 4.79 Å². The maximum Gasteiger partial charge on any atom is 0.252 e. The molecule has 0 spiro atoms. The highest BCUT2D eigenvalue weighted by molar-refractivity contribution is 5.85. The van der Waals surface area contributed by atoms with E-state index in [1.165, 1.54) is 6.07 Å². The summed E-state index contributed by atoms with van der Waals surface area (Å²) in [5, 5.41) is 4.16. The Balaban J connectivity index is 1.83. The molecule has 0 aliphatic carbocycles. The van der Waals surface area contributed by atoms with Crippen LogP contribution in [0.4, 0.5) is 5.95 Å². The number of para-hydroxylation sites is 1. The molecule has 0 saturated carbocycles. The molecule has 7 heteroatoms. The van der Waals surface area contributed by atoms with Gasteiger partial charge in [-0.25, -0.2) is 10.4 Å². The minimum Gasteiger partial charge on any atom is -0.493 e. The molecule has 0 atom stereocenters. The van der Waals surface area contributed by atoms with Crippen molar-refractivity contribution < 1.29 is 9.47 Å². The number of nitrogens with one attached hydrogen (secondary N) is 2. The second-order valence-corrected chi connectivity index (χ2v) is 5.53. The molecule has 138 valence electrons. The van der Waals surface area contributed by atoms with Gasteiger partial charge in [0.2, 0.25) is 5.95 Å². The van der Waals surface area contributed by atoms with Crippen LogP contribution in [0.1, 0.15) is 12.5 Å². The van der Waals surface area contributed by atoms with Crippen molar-refractivity contribution in [2.24, 2.45) is 5.10 Å². The fourth-order valence-corrected chi connectivity index (χ4v) is 2.52. The molecule has 2 N–H and O–H groups in total. The molecule has 0 radical (unpaired) electrons. The Kier molecular flexibility index (Phi) is 5.84. The summed E-state index contributed by atoms with van der Waals surface area (Å²) in [5.41, 5.74) is 4.65. The molecule has 7 nitrogen and oxygen atoms in total. The molecule has 0 aliphatic rings. The van der Waals surface area contributed by atoms with Gasteiger partial charge in [-0.3, -0.25) is 9.78 Å². The maximum absolute atomic E-state index is 11.9. The summed E-state index contributed by atoms with van der Waals surface area (Å²) >= 11 is 0. The number of methoxy groups -OCH3 is 1. The Hall–Kier alpha value is -3.61. The summed E-state index contributed by atoms with van der Waals surface area (Å²) < 4.78 is 11.0. The highest BCUT2D eigenvalue weighted by atomic mass is 16.5. The standard InChI is InChI=1S/C20H20N4O3/c1-3-27-19-15(10-7-11-17(19)26-2)13-21-24-20-22-16(12-18(25)23-20)14-8-5-4-6-9-14/h4-13H,3H2,1-2H3,(H2,22,23,24,25)/b21-13+. The number of benzene rings is 2. The van der Waals surface area contributed by atoms with Crippen LogP contribution < -0.4 is 20.5 Å². The van der Waals surface area contributed by atoms with E-state index in [0.717, 1.165) is 11.1 Å². The topological polar surface area (TPSA) is 88.6 Å². The van der Waals surface area contributed by atoms with Gasteiger partial charge in [0, 0.05) is 17.2 Å². The molecule has 0 fully saturated rings. The van der Waals surface area contributed by atoms with Gasteiger partial charge in [-0.1, -0.05) is 36.4 Å². The lowest BCUT2D eigenvalue weighted by molar-refractivity contribution is 0.310. The lowest BCUT2D eigenvalue weighted by Crippen LogP contribution is -2.10. The monoisotopic (exact) mass is 364 g/mol. The number of anilines is 1. The lowest BCUT2D eigenvalue weighted by Gasteiger charge is -2.11. The van der Waals surface area contributed by atoms with Crippen LogP contribution in [0, 0.1) is 0 Å². The number of aromatic nitrogens is 2. The summed E-state index contributed by atoms with van der Waals surface area (Å²) in [6, 6.07) is 16.4. The first-order valence-electron chi connectivity index (χ1n) is 8.47. The Morgan fingerprint density at radius 1 is 1.19 bits per heavy atom. The van der Waals surface area contributed by atoms with Crippen molar-refractivity contribution in [3.63, 3.8) is 0 Å². The third-order valence-electron chi connectivity index (χ3n) is 3.70. The summed E-state index contributed by atoms with van der Waals surface area (Å²) in [7, 11) is 1.58. The number of H-pyrrole nitrogens is 1. The van der Waals surface area contributed by atoms with Crippen molar-refractivity contribution in [1.29, 1.82) is 0 Å². The van der Waals surface area contributed by atoms with Gasteiger partial charge in [-0.2, -0.15) is 5.10 Å². The summed E-state index contributed by atoms with van der Waals surface area (Å²) in [4.78, 5) is 18.9. The van der Waals surface area contributed by atoms with E-state index in [0.29, 0.717) is 23.8 Å². The van der Waals surface area contributed by atoms with Gasteiger partial charge in [0.15, 0.2) is 11.5 Å². The van der Waals surface area contributed by atoms with Crippen molar-refractivity contribution >= 4 is 12.2 Å². The fraction of sp³-hybridized carbons (Fsp3) is 0.150. The average Bonchev–Trinajstić information content (AvgIpc) is 2.69. The smallest absolute Gasteiger partial charge is 0.252 e. The highest BCUT2D eigenvalue weighted by Crippen LogP contribution is 2.30. The predicted molar refractivity (Wildman–Crippen MR) is 106 cm³/mol. The second kappa shape index (κ2) is 8.66. The van der Waals surface area contributed by atoms with Crippen LogP contribution in [-0.2, 0) is 0 Å². The average molecular weight is 364 g/mol. The summed E-state index contributed by atoms with van der Waals surface area (Å²) in [5.74, 6) is 1.48. The van der Waals surface area contributed by atoms with E-state index >= 15 is 0 Å². The summed E-state index contributed by atoms with van der Waals surface area (Å²) in [6.07, 6.45) is 1.59. The lowest BCUT2D eigenvalue weighted by atomic mass is 10.1. The molecule has 0 saturated heterocycles. The number of rotatable bonds is 7. The molecular weight excluding hydrogens is 344 g/mol. The van der Waals surface area contributed by atoms with Gasteiger partial charge in [-0.15, -0.1) is 0 Å². The minimum absolute atomic E-state index is 0.249. The largest absolute Gasteiger partial charge is 0.493 e. The Morgan fingerprint density at radius 3 is 2.74 bits per heavy atom. The number of hydrogen-bond donors (Lipinski definition) is 2. The van der Waals surface area contributed by atoms with E-state index in [4.69, 9.17) is 9.47 Å². The number of ether oxygens (including phenoxy) is 2. The first-order chi connectivity index (χ1) is 13.2. The Bertz CT molecular complexity index is 984. The number of aromatic amines is 1. The number of hydrogen-bond acceptors (Lipinski definition) is 6. The van der Waals surface area contributed by atoms with Crippen molar-refractivity contribution in [2.75, 3.05) is 19.1 Å². The molecule has 3 rings (SSSR count). The zero-order valence-corrected chi connectivity index (χ0v) is 15.1. The molecule has 0 aliphatic heterocycles. The first kappa shape index (κ1) is 18.2. The molecule has 3 aromatic rings. The normalized spacial score (nSPS) is 10.7. The van der Waals surface area contributed by atoms with E-state index in [-0.39, 0.29) is 11.5 Å². The first-order valence-corrected chi connectivity index (χ1v) is 8.47. The minimum atomic E-state index is -0.266.